The SMILES string of the molecule is CCC(C)n1ccc(CN(CC)CCCN)n1. The van der Waals surface area contributed by atoms with E-state index in [4.69, 9.17) is 5.73 Å². The van der Waals surface area contributed by atoms with Gasteiger partial charge in [-0.3, -0.25) is 9.58 Å². The van der Waals surface area contributed by atoms with Crippen LogP contribution in [0.4, 0.5) is 0 Å². The molecule has 0 saturated heterocycles. The van der Waals surface area contributed by atoms with Gasteiger partial charge in [-0.05, 0) is 45.5 Å². The van der Waals surface area contributed by atoms with Gasteiger partial charge in [0.05, 0.1) is 5.69 Å². The van der Waals surface area contributed by atoms with E-state index < -0.39 is 0 Å². The Morgan fingerprint density at radius 1 is 1.47 bits per heavy atom. The van der Waals surface area contributed by atoms with Gasteiger partial charge in [-0.1, -0.05) is 13.8 Å². The van der Waals surface area contributed by atoms with E-state index in [9.17, 15) is 0 Å². The minimum atomic E-state index is 0.489. The van der Waals surface area contributed by atoms with Crippen molar-refractivity contribution < 1.29 is 0 Å². The van der Waals surface area contributed by atoms with Gasteiger partial charge in [0, 0.05) is 18.8 Å². The molecule has 1 aromatic rings. The minimum absolute atomic E-state index is 0.489. The van der Waals surface area contributed by atoms with Crippen LogP contribution in [0, 0.1) is 0 Å². The van der Waals surface area contributed by atoms with E-state index >= 15 is 0 Å². The van der Waals surface area contributed by atoms with Gasteiger partial charge in [-0.2, -0.15) is 5.10 Å². The Hall–Kier alpha value is -0.870. The number of rotatable bonds is 8. The molecule has 1 atom stereocenters. The third kappa shape index (κ3) is 4.48. The quantitative estimate of drug-likeness (QED) is 0.754. The third-order valence-electron chi connectivity index (χ3n) is 3.22. The molecule has 0 fully saturated rings. The molecule has 2 N–H and O–H groups in total. The first-order valence-electron chi connectivity index (χ1n) is 6.67. The fraction of sp³-hybridized carbons (Fsp3) is 0.769. The van der Waals surface area contributed by atoms with Crippen LogP contribution in [0.3, 0.4) is 0 Å². The average Bonchev–Trinajstić information content (AvgIpc) is 2.81. The predicted molar refractivity (Wildman–Crippen MR) is 71.9 cm³/mol. The van der Waals surface area contributed by atoms with Crippen molar-refractivity contribution in [2.45, 2.75) is 46.2 Å². The molecule has 0 aliphatic carbocycles. The molecule has 1 unspecified atom stereocenters. The summed E-state index contributed by atoms with van der Waals surface area (Å²) < 4.78 is 2.06. The summed E-state index contributed by atoms with van der Waals surface area (Å²) >= 11 is 0. The van der Waals surface area contributed by atoms with Crippen LogP contribution < -0.4 is 5.73 Å². The average molecular weight is 238 g/mol. The molecular weight excluding hydrogens is 212 g/mol. The van der Waals surface area contributed by atoms with Crippen molar-refractivity contribution in [1.82, 2.24) is 14.7 Å². The normalized spacial score (nSPS) is 13.2. The molecule has 0 bridgehead atoms. The van der Waals surface area contributed by atoms with Gasteiger partial charge < -0.3 is 5.73 Å². The van der Waals surface area contributed by atoms with Gasteiger partial charge in [-0.15, -0.1) is 0 Å². The first-order chi connectivity index (χ1) is 8.21. The minimum Gasteiger partial charge on any atom is -0.330 e. The maximum Gasteiger partial charge on any atom is 0.0764 e. The highest BCUT2D eigenvalue weighted by Gasteiger charge is 2.08. The van der Waals surface area contributed by atoms with Crippen LogP contribution in [0.15, 0.2) is 12.3 Å². The first-order valence-corrected chi connectivity index (χ1v) is 6.67. The maximum absolute atomic E-state index is 5.54. The van der Waals surface area contributed by atoms with E-state index in [1.807, 2.05) is 0 Å². The van der Waals surface area contributed by atoms with Gasteiger partial charge in [0.2, 0.25) is 0 Å². The molecule has 0 aliphatic rings. The zero-order valence-corrected chi connectivity index (χ0v) is 11.4. The van der Waals surface area contributed by atoms with Gasteiger partial charge in [0.15, 0.2) is 0 Å². The van der Waals surface area contributed by atoms with Crippen LogP contribution in [0.1, 0.15) is 45.3 Å². The van der Waals surface area contributed by atoms with E-state index in [0.717, 1.165) is 44.7 Å². The fourth-order valence-corrected chi connectivity index (χ4v) is 1.79. The summed E-state index contributed by atoms with van der Waals surface area (Å²) in [5.41, 5.74) is 6.70. The van der Waals surface area contributed by atoms with Crippen molar-refractivity contribution in [3.63, 3.8) is 0 Å². The van der Waals surface area contributed by atoms with Crippen LogP contribution >= 0.6 is 0 Å². The molecule has 98 valence electrons. The molecule has 1 rings (SSSR count). The second-order valence-electron chi connectivity index (χ2n) is 4.56. The molecule has 0 aromatic carbocycles. The van der Waals surface area contributed by atoms with Gasteiger partial charge in [0.1, 0.15) is 0 Å². The lowest BCUT2D eigenvalue weighted by molar-refractivity contribution is 0.273. The highest BCUT2D eigenvalue weighted by molar-refractivity contribution is 4.99. The van der Waals surface area contributed by atoms with Crippen LogP contribution in [-0.2, 0) is 6.54 Å². The molecule has 4 heteroatoms. The van der Waals surface area contributed by atoms with Gasteiger partial charge in [-0.25, -0.2) is 0 Å². The van der Waals surface area contributed by atoms with Gasteiger partial charge in [0.25, 0.3) is 0 Å². The summed E-state index contributed by atoms with van der Waals surface area (Å²) in [5.74, 6) is 0. The summed E-state index contributed by atoms with van der Waals surface area (Å²) in [6.45, 7) is 10.4. The van der Waals surface area contributed by atoms with Crippen molar-refractivity contribution in [2.24, 2.45) is 5.73 Å². The monoisotopic (exact) mass is 238 g/mol. The van der Waals surface area contributed by atoms with Crippen molar-refractivity contribution >= 4 is 0 Å². The standard InChI is InChI=1S/C13H26N4/c1-4-12(3)17-10-7-13(15-17)11-16(5-2)9-6-8-14/h7,10,12H,4-6,8-9,11,14H2,1-3H3. The summed E-state index contributed by atoms with van der Waals surface area (Å²) in [7, 11) is 0. The van der Waals surface area contributed by atoms with E-state index in [-0.39, 0.29) is 0 Å². The number of nitrogens with zero attached hydrogens (tertiary/aromatic N) is 3. The van der Waals surface area contributed by atoms with Crippen LogP contribution in [0.5, 0.6) is 0 Å². The molecule has 1 aromatic heterocycles. The molecule has 1 heterocycles. The fourth-order valence-electron chi connectivity index (χ4n) is 1.79. The Balaban J connectivity index is 2.52. The zero-order valence-electron chi connectivity index (χ0n) is 11.4. The largest absolute Gasteiger partial charge is 0.330 e. The Morgan fingerprint density at radius 2 is 2.24 bits per heavy atom. The molecule has 0 spiro atoms. The Kier molecular flexibility index (Phi) is 6.22. The van der Waals surface area contributed by atoms with Crippen LogP contribution in [0.25, 0.3) is 0 Å². The number of hydrogen-bond acceptors (Lipinski definition) is 3. The maximum atomic E-state index is 5.54. The molecule has 0 amide bonds. The van der Waals surface area contributed by atoms with E-state index in [0.29, 0.717) is 6.04 Å². The number of hydrogen-bond donors (Lipinski definition) is 1. The smallest absolute Gasteiger partial charge is 0.0764 e. The highest BCUT2D eigenvalue weighted by atomic mass is 15.3. The summed E-state index contributed by atoms with van der Waals surface area (Å²) in [6, 6.07) is 2.61. The lowest BCUT2D eigenvalue weighted by Gasteiger charge is -2.18. The Labute approximate surface area is 105 Å². The number of aromatic nitrogens is 2. The molecule has 0 radical (unpaired) electrons. The summed E-state index contributed by atoms with van der Waals surface area (Å²) in [4.78, 5) is 2.39. The van der Waals surface area contributed by atoms with Gasteiger partial charge >= 0.3 is 0 Å². The van der Waals surface area contributed by atoms with E-state index in [1.165, 1.54) is 0 Å². The second-order valence-corrected chi connectivity index (χ2v) is 4.56. The first kappa shape index (κ1) is 14.2. The van der Waals surface area contributed by atoms with E-state index in [2.05, 4.69) is 47.7 Å². The lowest BCUT2D eigenvalue weighted by Crippen LogP contribution is -2.26. The Morgan fingerprint density at radius 3 is 2.82 bits per heavy atom. The van der Waals surface area contributed by atoms with Crippen LogP contribution in [-0.4, -0.2) is 34.3 Å². The summed E-state index contributed by atoms with van der Waals surface area (Å²) in [5, 5.41) is 4.62. The highest BCUT2D eigenvalue weighted by Crippen LogP contribution is 2.10. The molecule has 4 nitrogen and oxygen atoms in total. The lowest BCUT2D eigenvalue weighted by atomic mass is 10.3. The topological polar surface area (TPSA) is 47.1 Å². The van der Waals surface area contributed by atoms with Crippen molar-refractivity contribution in [2.75, 3.05) is 19.6 Å². The predicted octanol–water partition coefficient (Wildman–Crippen LogP) is 2.02. The molecule has 0 aliphatic heterocycles. The zero-order chi connectivity index (χ0) is 12.7. The van der Waals surface area contributed by atoms with Crippen LogP contribution in [0.2, 0.25) is 0 Å². The molecular formula is C13H26N4. The molecule has 0 saturated carbocycles. The second kappa shape index (κ2) is 7.45. The summed E-state index contributed by atoms with van der Waals surface area (Å²) in [6.07, 6.45) is 4.26. The third-order valence-corrected chi connectivity index (χ3v) is 3.22. The molecule has 17 heavy (non-hydrogen) atoms. The van der Waals surface area contributed by atoms with Crippen molar-refractivity contribution in [1.29, 1.82) is 0 Å². The Bertz CT molecular complexity index is 308. The van der Waals surface area contributed by atoms with Crippen molar-refractivity contribution in [3.05, 3.63) is 18.0 Å². The number of nitrogens with two attached hydrogens (primary N) is 1. The van der Waals surface area contributed by atoms with E-state index in [1.54, 1.807) is 0 Å². The van der Waals surface area contributed by atoms with Crippen molar-refractivity contribution in [3.8, 4) is 0 Å².